The number of carbonyl (C=O) groups is 2. The van der Waals surface area contributed by atoms with Crippen molar-refractivity contribution in [3.8, 4) is 0 Å². The number of benzene rings is 1. The number of unbranched alkanes of at least 4 members (excludes halogenated alkanes) is 1. The Hall–Kier alpha value is -1.04. The maximum atomic E-state index is 12.3. The Morgan fingerprint density at radius 3 is 2.06 bits per heavy atom. The highest BCUT2D eigenvalue weighted by Crippen LogP contribution is 2.29. The van der Waals surface area contributed by atoms with E-state index in [2.05, 4.69) is 15.9 Å². The maximum absolute atomic E-state index is 12.3. The molecule has 1 aliphatic heterocycles. The Balaban J connectivity index is 2.28. The number of halogens is 1. The van der Waals surface area contributed by atoms with E-state index in [0.29, 0.717) is 6.42 Å². The highest BCUT2D eigenvalue weighted by molar-refractivity contribution is 9.09. The highest BCUT2D eigenvalue weighted by atomic mass is 79.9. The molecular formula is C12H12BrNO3. The highest BCUT2D eigenvalue weighted by Gasteiger charge is 2.46. The summed E-state index contributed by atoms with van der Waals surface area (Å²) < 4.78 is -1.35. The Labute approximate surface area is 108 Å². The molecule has 0 saturated carbocycles. The fourth-order valence-electron chi connectivity index (χ4n) is 1.97. The fourth-order valence-corrected chi connectivity index (χ4v) is 2.37. The number of rotatable bonds is 4. The Kier molecular flexibility index (Phi) is 3.42. The predicted octanol–water partition coefficient (Wildman–Crippen LogP) is 2.47. The third kappa shape index (κ3) is 1.94. The van der Waals surface area contributed by atoms with Gasteiger partial charge in [-0.25, -0.2) is 14.2 Å². The van der Waals surface area contributed by atoms with Gasteiger partial charge in [0.1, 0.15) is 0 Å². The second-order valence-corrected chi connectivity index (χ2v) is 4.81. The van der Waals surface area contributed by atoms with Crippen molar-refractivity contribution in [2.75, 3.05) is 11.9 Å². The lowest BCUT2D eigenvalue weighted by molar-refractivity contribution is -0.708. The largest absolute Gasteiger partial charge is 0.617 e. The average Bonchev–Trinajstić information content (AvgIpc) is 2.54. The van der Waals surface area contributed by atoms with Crippen LogP contribution in [0.1, 0.15) is 33.6 Å². The van der Waals surface area contributed by atoms with Gasteiger partial charge in [0.2, 0.25) is 0 Å². The number of hydroxylamine groups is 3. The van der Waals surface area contributed by atoms with Crippen LogP contribution in [0.5, 0.6) is 0 Å². The van der Waals surface area contributed by atoms with Gasteiger partial charge in [-0.1, -0.05) is 28.1 Å². The molecule has 5 heteroatoms. The summed E-state index contributed by atoms with van der Waals surface area (Å²) >= 11 is 3.26. The molecule has 2 rings (SSSR count). The normalized spacial score (nSPS) is 17.3. The van der Waals surface area contributed by atoms with Crippen molar-refractivity contribution in [1.29, 1.82) is 0 Å². The van der Waals surface area contributed by atoms with E-state index in [1.54, 1.807) is 12.1 Å². The summed E-state index contributed by atoms with van der Waals surface area (Å²) in [5, 5.41) is 13.1. The van der Waals surface area contributed by atoms with Gasteiger partial charge in [0.25, 0.3) is 0 Å². The van der Waals surface area contributed by atoms with Gasteiger partial charge in [0.15, 0.2) is 0 Å². The molecule has 0 bridgehead atoms. The molecule has 2 amide bonds. The standard InChI is InChI=1S/C12H12BrNO3/c13-7-3-4-8-14(17)11(15)9-5-1-2-6-10(9)12(14)16/h1-2,5-6H,3-4,7-8H2. The fraction of sp³-hybridized carbons (Fsp3) is 0.333. The minimum absolute atomic E-state index is 0.0257. The van der Waals surface area contributed by atoms with Crippen LogP contribution < -0.4 is 0 Å². The second-order valence-electron chi connectivity index (χ2n) is 4.02. The molecular weight excluding hydrogens is 286 g/mol. The summed E-state index contributed by atoms with van der Waals surface area (Å²) in [5.41, 5.74) is 0.512. The van der Waals surface area contributed by atoms with Crippen molar-refractivity contribution in [3.63, 3.8) is 0 Å². The van der Waals surface area contributed by atoms with E-state index in [0.717, 1.165) is 11.8 Å². The Morgan fingerprint density at radius 2 is 1.59 bits per heavy atom. The minimum atomic E-state index is -1.35. The molecule has 0 fully saturated rings. The SMILES string of the molecule is O=C1c2ccccc2C(=O)[N+]1([O-])CCCCBr. The van der Waals surface area contributed by atoms with Crippen LogP contribution >= 0.6 is 15.9 Å². The molecule has 4 nitrogen and oxygen atoms in total. The number of hydrogen-bond acceptors (Lipinski definition) is 3. The number of amides is 2. The van der Waals surface area contributed by atoms with Crippen molar-refractivity contribution in [2.24, 2.45) is 0 Å². The second kappa shape index (κ2) is 4.68. The number of quaternary nitrogens is 1. The van der Waals surface area contributed by atoms with Gasteiger partial charge in [-0.05, 0) is 25.0 Å². The smallest absolute Gasteiger partial charge is 0.354 e. The number of hydrogen-bond donors (Lipinski definition) is 0. The van der Waals surface area contributed by atoms with E-state index in [9.17, 15) is 14.8 Å². The summed E-state index contributed by atoms with van der Waals surface area (Å²) in [6.07, 6.45) is 1.33. The zero-order chi connectivity index (χ0) is 12.5. The van der Waals surface area contributed by atoms with Crippen LogP contribution in [0, 0.1) is 5.21 Å². The van der Waals surface area contributed by atoms with Crippen molar-refractivity contribution in [1.82, 2.24) is 0 Å². The van der Waals surface area contributed by atoms with E-state index < -0.39 is 16.5 Å². The molecule has 90 valence electrons. The van der Waals surface area contributed by atoms with Gasteiger partial charge in [0, 0.05) is 5.33 Å². The Bertz CT molecular complexity index is 438. The van der Waals surface area contributed by atoms with Crippen molar-refractivity contribution in [2.45, 2.75) is 12.8 Å². The molecule has 0 N–H and O–H groups in total. The monoisotopic (exact) mass is 297 g/mol. The summed E-state index contributed by atoms with van der Waals surface area (Å²) in [5.74, 6) is -1.25. The van der Waals surface area contributed by atoms with Crippen LogP contribution in [-0.2, 0) is 0 Å². The first-order valence-corrected chi connectivity index (χ1v) is 6.57. The van der Waals surface area contributed by atoms with Crippen LogP contribution in [0.15, 0.2) is 24.3 Å². The van der Waals surface area contributed by atoms with Crippen molar-refractivity contribution in [3.05, 3.63) is 40.6 Å². The Morgan fingerprint density at radius 1 is 1.06 bits per heavy atom. The van der Waals surface area contributed by atoms with E-state index in [-0.39, 0.29) is 17.7 Å². The van der Waals surface area contributed by atoms with Gasteiger partial charge < -0.3 is 5.21 Å². The van der Waals surface area contributed by atoms with E-state index in [4.69, 9.17) is 0 Å². The first-order valence-electron chi connectivity index (χ1n) is 5.45. The first kappa shape index (κ1) is 12.4. The van der Waals surface area contributed by atoms with Crippen molar-refractivity contribution >= 4 is 27.7 Å². The summed E-state index contributed by atoms with van der Waals surface area (Å²) in [6.45, 7) is 0.0257. The van der Waals surface area contributed by atoms with Crippen LogP contribution in [-0.4, -0.2) is 28.3 Å². The van der Waals surface area contributed by atoms with E-state index in [1.165, 1.54) is 12.1 Å². The van der Waals surface area contributed by atoms with Crippen molar-refractivity contribution < 1.29 is 14.2 Å². The quantitative estimate of drug-likeness (QED) is 0.282. The number of nitrogens with zero attached hydrogens (tertiary/aromatic N) is 1. The topological polar surface area (TPSA) is 57.2 Å². The average molecular weight is 298 g/mol. The van der Waals surface area contributed by atoms with E-state index in [1.807, 2.05) is 0 Å². The molecule has 0 radical (unpaired) electrons. The molecule has 17 heavy (non-hydrogen) atoms. The first-order chi connectivity index (χ1) is 8.11. The van der Waals surface area contributed by atoms with Gasteiger partial charge in [-0.2, -0.15) is 0 Å². The number of carbonyl (C=O) groups excluding carboxylic acids is 2. The molecule has 0 aromatic heterocycles. The molecule has 1 aromatic rings. The van der Waals surface area contributed by atoms with Gasteiger partial charge in [-0.3, -0.25) is 0 Å². The summed E-state index contributed by atoms with van der Waals surface area (Å²) in [4.78, 5) is 23.9. The predicted molar refractivity (Wildman–Crippen MR) is 66.6 cm³/mol. The number of alkyl halides is 1. The lowest BCUT2D eigenvalue weighted by Gasteiger charge is -2.32. The third-order valence-corrected chi connectivity index (χ3v) is 3.46. The van der Waals surface area contributed by atoms with Gasteiger partial charge >= 0.3 is 11.8 Å². The zero-order valence-electron chi connectivity index (χ0n) is 9.19. The van der Waals surface area contributed by atoms with Gasteiger partial charge in [-0.15, -0.1) is 0 Å². The number of fused-ring (bicyclic) bond motifs is 1. The molecule has 1 aliphatic rings. The molecule has 0 aliphatic carbocycles. The molecule has 1 aromatic carbocycles. The molecule has 0 spiro atoms. The van der Waals surface area contributed by atoms with Crippen LogP contribution in [0.2, 0.25) is 0 Å². The van der Waals surface area contributed by atoms with Gasteiger partial charge in [0.05, 0.1) is 17.7 Å². The lowest BCUT2D eigenvalue weighted by atomic mass is 10.1. The van der Waals surface area contributed by atoms with Crippen LogP contribution in [0.3, 0.4) is 0 Å². The lowest BCUT2D eigenvalue weighted by Crippen LogP contribution is -2.47. The summed E-state index contributed by atoms with van der Waals surface area (Å²) in [6, 6.07) is 6.41. The maximum Gasteiger partial charge on any atom is 0.354 e. The minimum Gasteiger partial charge on any atom is -0.617 e. The third-order valence-electron chi connectivity index (χ3n) is 2.90. The number of imide groups is 1. The zero-order valence-corrected chi connectivity index (χ0v) is 10.8. The molecule has 0 saturated heterocycles. The van der Waals surface area contributed by atoms with Crippen LogP contribution in [0.4, 0.5) is 0 Å². The molecule has 1 heterocycles. The van der Waals surface area contributed by atoms with E-state index >= 15 is 0 Å². The molecule has 0 atom stereocenters. The van der Waals surface area contributed by atoms with Crippen LogP contribution in [0.25, 0.3) is 0 Å². The summed E-state index contributed by atoms with van der Waals surface area (Å²) in [7, 11) is 0. The molecule has 0 unspecified atom stereocenters.